The van der Waals surface area contributed by atoms with E-state index in [2.05, 4.69) is 57.3 Å². The number of hydrogen-bond donors (Lipinski definition) is 1. The molecule has 0 unspecified atom stereocenters. The van der Waals surface area contributed by atoms with Gasteiger partial charge in [0.1, 0.15) is 0 Å². The average Bonchev–Trinajstić information content (AvgIpc) is 2.56. The topological polar surface area (TPSA) is 41.5 Å². The first kappa shape index (κ1) is 18.2. The molecule has 0 saturated heterocycles. The molecule has 0 fully saturated rings. The highest BCUT2D eigenvalue weighted by molar-refractivity contribution is 5.94. The Morgan fingerprint density at radius 1 is 1.17 bits per heavy atom. The maximum absolute atomic E-state index is 12.1. The second-order valence-corrected chi connectivity index (χ2v) is 7.04. The van der Waals surface area contributed by atoms with Gasteiger partial charge in [-0.3, -0.25) is 4.79 Å². The molecule has 128 valence electrons. The van der Waals surface area contributed by atoms with E-state index in [1.165, 1.54) is 11.1 Å². The van der Waals surface area contributed by atoms with E-state index in [-0.39, 0.29) is 11.8 Å². The third-order valence-electron chi connectivity index (χ3n) is 4.99. The smallest absolute Gasteiger partial charge is 0.267 e. The zero-order valence-corrected chi connectivity index (χ0v) is 15.3. The first-order chi connectivity index (χ1) is 11.4. The summed E-state index contributed by atoms with van der Waals surface area (Å²) < 4.78 is 0. The van der Waals surface area contributed by atoms with Crippen LogP contribution in [0.4, 0.5) is 0 Å². The second kappa shape index (κ2) is 8.09. The molecule has 0 aliphatic heterocycles. The lowest BCUT2D eigenvalue weighted by Crippen LogP contribution is -2.32. The van der Waals surface area contributed by atoms with Crippen LogP contribution in [0.15, 0.2) is 58.7 Å². The Balaban J connectivity index is 2.13. The van der Waals surface area contributed by atoms with E-state index in [1.807, 2.05) is 24.4 Å². The molecule has 2 rings (SSSR count). The van der Waals surface area contributed by atoms with Crippen LogP contribution >= 0.6 is 0 Å². The van der Waals surface area contributed by atoms with Crippen molar-refractivity contribution in [2.45, 2.75) is 34.6 Å². The molecular formula is C21H28N2O. The Morgan fingerprint density at radius 3 is 2.46 bits per heavy atom. The molecule has 1 aliphatic carbocycles. The van der Waals surface area contributed by atoms with Crippen molar-refractivity contribution < 1.29 is 4.79 Å². The van der Waals surface area contributed by atoms with Gasteiger partial charge in [-0.15, -0.1) is 0 Å². The number of benzene rings is 1. The fourth-order valence-electron chi connectivity index (χ4n) is 3.28. The van der Waals surface area contributed by atoms with Crippen molar-refractivity contribution in [3.63, 3.8) is 0 Å². The predicted molar refractivity (Wildman–Crippen MR) is 101 cm³/mol. The number of allylic oxidation sites excluding steroid dienone is 4. The van der Waals surface area contributed by atoms with Gasteiger partial charge in [0.2, 0.25) is 0 Å². The van der Waals surface area contributed by atoms with Crippen LogP contribution in [0.25, 0.3) is 0 Å². The van der Waals surface area contributed by atoms with Crippen molar-refractivity contribution in [2.75, 3.05) is 0 Å². The fourth-order valence-corrected chi connectivity index (χ4v) is 3.28. The molecule has 1 aromatic carbocycles. The molecule has 0 radical (unpaired) electrons. The Kier molecular flexibility index (Phi) is 6.13. The minimum Gasteiger partial charge on any atom is -0.267 e. The number of amides is 1. The van der Waals surface area contributed by atoms with Crippen molar-refractivity contribution in [1.82, 2.24) is 5.43 Å². The Morgan fingerprint density at radius 2 is 1.83 bits per heavy atom. The van der Waals surface area contributed by atoms with E-state index >= 15 is 0 Å². The van der Waals surface area contributed by atoms with E-state index in [0.717, 1.165) is 0 Å². The van der Waals surface area contributed by atoms with E-state index in [4.69, 9.17) is 0 Å². The van der Waals surface area contributed by atoms with Crippen LogP contribution in [-0.2, 0) is 0 Å². The lowest BCUT2D eigenvalue weighted by Gasteiger charge is -2.36. The van der Waals surface area contributed by atoms with Crippen LogP contribution < -0.4 is 5.43 Å². The van der Waals surface area contributed by atoms with Crippen molar-refractivity contribution in [2.24, 2.45) is 28.8 Å². The standard InChI is InChI=1S/C21H28N2O/c1-14(2)11-19-12-15(3)16(4)17(5)20(19)13-22-23-21(24)18-9-7-6-8-10-18/h6-13,16-17,19-20H,1-5H3,(H,23,24)/t16-,17-,19+,20-/m0/s1. The molecule has 24 heavy (non-hydrogen) atoms. The van der Waals surface area contributed by atoms with Crippen molar-refractivity contribution in [3.05, 3.63) is 59.2 Å². The van der Waals surface area contributed by atoms with Gasteiger partial charge in [0.15, 0.2) is 0 Å². The molecular weight excluding hydrogens is 296 g/mol. The van der Waals surface area contributed by atoms with Crippen LogP contribution in [0.5, 0.6) is 0 Å². The van der Waals surface area contributed by atoms with Gasteiger partial charge in [0.05, 0.1) is 0 Å². The molecule has 3 nitrogen and oxygen atoms in total. The first-order valence-corrected chi connectivity index (χ1v) is 8.62. The lowest BCUT2D eigenvalue weighted by atomic mass is 9.69. The molecule has 1 N–H and O–H groups in total. The van der Waals surface area contributed by atoms with Crippen LogP contribution in [0, 0.1) is 23.7 Å². The number of carbonyl (C=O) groups excluding carboxylic acids is 1. The molecule has 0 bridgehead atoms. The largest absolute Gasteiger partial charge is 0.271 e. The SMILES string of the molecule is CC(C)=C[C@@H]1C=C(C)[C@H](C)[C@H](C)[C@@H]1C=NNC(=O)c1ccccc1. The van der Waals surface area contributed by atoms with Crippen LogP contribution in [0.3, 0.4) is 0 Å². The van der Waals surface area contributed by atoms with Crippen molar-refractivity contribution >= 4 is 12.1 Å². The molecule has 1 aromatic rings. The number of carbonyl (C=O) groups is 1. The molecule has 1 amide bonds. The summed E-state index contributed by atoms with van der Waals surface area (Å²) >= 11 is 0. The third-order valence-corrected chi connectivity index (χ3v) is 4.99. The van der Waals surface area contributed by atoms with Gasteiger partial charge < -0.3 is 0 Å². The Labute approximate surface area is 145 Å². The van der Waals surface area contributed by atoms with E-state index in [9.17, 15) is 4.79 Å². The molecule has 0 aromatic heterocycles. The maximum Gasteiger partial charge on any atom is 0.271 e. The quantitative estimate of drug-likeness (QED) is 0.481. The average molecular weight is 324 g/mol. The zero-order chi connectivity index (χ0) is 17.7. The summed E-state index contributed by atoms with van der Waals surface area (Å²) in [5.41, 5.74) is 6.01. The summed E-state index contributed by atoms with van der Waals surface area (Å²) in [6.45, 7) is 11.0. The van der Waals surface area contributed by atoms with Crippen LogP contribution in [-0.4, -0.2) is 12.1 Å². The minimum atomic E-state index is -0.172. The minimum absolute atomic E-state index is 0.172. The molecule has 0 spiro atoms. The lowest BCUT2D eigenvalue weighted by molar-refractivity contribution is 0.0954. The highest BCUT2D eigenvalue weighted by atomic mass is 16.2. The predicted octanol–water partition coefficient (Wildman–Crippen LogP) is 4.83. The first-order valence-electron chi connectivity index (χ1n) is 8.62. The van der Waals surface area contributed by atoms with Gasteiger partial charge in [0.25, 0.3) is 5.91 Å². The summed E-state index contributed by atoms with van der Waals surface area (Å²) in [6.07, 6.45) is 6.55. The van der Waals surface area contributed by atoms with Gasteiger partial charge in [-0.1, -0.05) is 55.3 Å². The normalized spacial score (nSPS) is 26.8. The number of hydrogen-bond acceptors (Lipinski definition) is 2. The van der Waals surface area contributed by atoms with Crippen molar-refractivity contribution in [1.29, 1.82) is 0 Å². The van der Waals surface area contributed by atoms with E-state index < -0.39 is 0 Å². The second-order valence-electron chi connectivity index (χ2n) is 7.04. The molecule has 0 heterocycles. The number of nitrogens with one attached hydrogen (secondary N) is 1. The Bertz CT molecular complexity index is 654. The fraction of sp³-hybridized carbons (Fsp3) is 0.429. The number of nitrogens with zero attached hydrogens (tertiary/aromatic N) is 1. The van der Waals surface area contributed by atoms with Gasteiger partial charge in [-0.2, -0.15) is 5.10 Å². The van der Waals surface area contributed by atoms with Crippen LogP contribution in [0.1, 0.15) is 45.0 Å². The third kappa shape index (κ3) is 4.44. The highest BCUT2D eigenvalue weighted by Gasteiger charge is 2.31. The summed E-state index contributed by atoms with van der Waals surface area (Å²) in [5.74, 6) is 1.45. The number of hydrazone groups is 1. The molecule has 3 heteroatoms. The Hall–Kier alpha value is -2.16. The number of rotatable bonds is 4. The van der Waals surface area contributed by atoms with E-state index in [1.54, 1.807) is 12.1 Å². The molecule has 1 aliphatic rings. The molecule has 4 atom stereocenters. The summed E-state index contributed by atoms with van der Waals surface area (Å²) in [7, 11) is 0. The van der Waals surface area contributed by atoms with Crippen LogP contribution in [0.2, 0.25) is 0 Å². The van der Waals surface area contributed by atoms with Gasteiger partial charge in [0, 0.05) is 23.6 Å². The summed E-state index contributed by atoms with van der Waals surface area (Å²) in [4.78, 5) is 12.1. The summed E-state index contributed by atoms with van der Waals surface area (Å²) in [5, 5.41) is 4.26. The zero-order valence-electron chi connectivity index (χ0n) is 15.3. The molecule has 0 saturated carbocycles. The maximum atomic E-state index is 12.1. The van der Waals surface area contributed by atoms with Crippen molar-refractivity contribution in [3.8, 4) is 0 Å². The van der Waals surface area contributed by atoms with Gasteiger partial charge in [-0.25, -0.2) is 5.43 Å². The summed E-state index contributed by atoms with van der Waals surface area (Å²) in [6, 6.07) is 9.16. The van der Waals surface area contributed by atoms with Gasteiger partial charge in [-0.05, 0) is 44.7 Å². The van der Waals surface area contributed by atoms with Gasteiger partial charge >= 0.3 is 0 Å². The van der Waals surface area contributed by atoms with E-state index in [0.29, 0.717) is 23.3 Å². The highest BCUT2D eigenvalue weighted by Crippen LogP contribution is 2.38. The monoisotopic (exact) mass is 324 g/mol.